The molecule has 6 heteroatoms. The van der Waals surface area contributed by atoms with E-state index in [2.05, 4.69) is 5.32 Å². The van der Waals surface area contributed by atoms with Crippen LogP contribution >= 0.6 is 0 Å². The lowest BCUT2D eigenvalue weighted by atomic mass is 9.90. The Bertz CT molecular complexity index is 477. The van der Waals surface area contributed by atoms with Gasteiger partial charge in [-0.05, 0) is 5.56 Å². The normalized spacial score (nSPS) is 21.0. The maximum atomic E-state index is 11.9. The highest BCUT2D eigenvalue weighted by atomic mass is 16.7. The van der Waals surface area contributed by atoms with E-state index >= 15 is 0 Å². The maximum absolute atomic E-state index is 11.9. The maximum Gasteiger partial charge on any atom is 0.260 e. The Kier molecular flexibility index (Phi) is 4.70. The van der Waals surface area contributed by atoms with Crippen LogP contribution in [0.3, 0.4) is 0 Å². The van der Waals surface area contributed by atoms with Gasteiger partial charge >= 0.3 is 0 Å². The number of hydrogen-bond acceptors (Lipinski definition) is 4. The topological polar surface area (TPSA) is 67.9 Å². The SMILES string of the molecule is CON(C)C(=O)[C@@H]1C(=O)N[C@H]1COCc1ccccc1. The van der Waals surface area contributed by atoms with Crippen LogP contribution in [0.1, 0.15) is 5.56 Å². The van der Waals surface area contributed by atoms with E-state index in [0.717, 1.165) is 10.6 Å². The molecule has 0 aliphatic carbocycles. The van der Waals surface area contributed by atoms with Crippen LogP contribution in [0.2, 0.25) is 0 Å². The largest absolute Gasteiger partial charge is 0.375 e. The first kappa shape index (κ1) is 14.5. The second-order valence-corrected chi connectivity index (χ2v) is 4.61. The first-order chi connectivity index (χ1) is 9.63. The Morgan fingerprint density at radius 3 is 2.65 bits per heavy atom. The molecule has 108 valence electrons. The van der Waals surface area contributed by atoms with Crippen molar-refractivity contribution in [3.63, 3.8) is 0 Å². The number of carbonyl (C=O) groups excluding carboxylic acids is 2. The van der Waals surface area contributed by atoms with Crippen LogP contribution in [-0.4, -0.2) is 43.7 Å². The van der Waals surface area contributed by atoms with Gasteiger partial charge in [0.1, 0.15) is 5.92 Å². The highest BCUT2D eigenvalue weighted by Gasteiger charge is 2.46. The van der Waals surface area contributed by atoms with Crippen molar-refractivity contribution in [1.29, 1.82) is 0 Å². The molecule has 1 aromatic carbocycles. The molecule has 2 atom stereocenters. The summed E-state index contributed by atoms with van der Waals surface area (Å²) in [6.07, 6.45) is 0. The molecule has 1 fully saturated rings. The zero-order valence-corrected chi connectivity index (χ0v) is 11.5. The second kappa shape index (κ2) is 6.49. The summed E-state index contributed by atoms with van der Waals surface area (Å²) < 4.78 is 5.54. The molecule has 20 heavy (non-hydrogen) atoms. The number of rotatable bonds is 6. The molecule has 2 rings (SSSR count). The first-order valence-corrected chi connectivity index (χ1v) is 6.37. The summed E-state index contributed by atoms with van der Waals surface area (Å²) in [5, 5.41) is 3.74. The molecule has 2 amide bonds. The summed E-state index contributed by atoms with van der Waals surface area (Å²) in [7, 11) is 2.87. The zero-order chi connectivity index (χ0) is 14.5. The van der Waals surface area contributed by atoms with Gasteiger partial charge in [-0.25, -0.2) is 5.06 Å². The standard InChI is InChI=1S/C14H18N2O4/c1-16(19-2)14(18)12-11(15-13(12)17)9-20-8-10-6-4-3-5-7-10/h3-7,11-12H,8-9H2,1-2H3,(H,15,17)/t11-,12-/m0/s1. The van der Waals surface area contributed by atoms with Gasteiger partial charge in [-0.1, -0.05) is 30.3 Å². The Labute approximate surface area is 117 Å². The van der Waals surface area contributed by atoms with Gasteiger partial charge in [0.05, 0.1) is 26.4 Å². The van der Waals surface area contributed by atoms with Crippen molar-refractivity contribution in [2.45, 2.75) is 12.6 Å². The van der Waals surface area contributed by atoms with Gasteiger partial charge in [-0.3, -0.25) is 14.4 Å². The van der Waals surface area contributed by atoms with E-state index in [4.69, 9.17) is 9.57 Å². The summed E-state index contributed by atoms with van der Waals surface area (Å²) >= 11 is 0. The number of benzene rings is 1. The number of β-lactam (4-membered cyclic amide) rings is 1. The number of amides is 2. The van der Waals surface area contributed by atoms with Crippen molar-refractivity contribution in [3.8, 4) is 0 Å². The predicted molar refractivity (Wildman–Crippen MR) is 71.3 cm³/mol. The number of nitrogens with one attached hydrogen (secondary N) is 1. The summed E-state index contributed by atoms with van der Waals surface area (Å²) in [4.78, 5) is 28.2. The number of nitrogens with zero attached hydrogens (tertiary/aromatic N) is 1. The van der Waals surface area contributed by atoms with Crippen molar-refractivity contribution < 1.29 is 19.2 Å². The van der Waals surface area contributed by atoms with Gasteiger partial charge in [-0.15, -0.1) is 0 Å². The van der Waals surface area contributed by atoms with Crippen molar-refractivity contribution in [1.82, 2.24) is 10.4 Å². The molecule has 0 saturated carbocycles. The third-order valence-electron chi connectivity index (χ3n) is 3.27. The first-order valence-electron chi connectivity index (χ1n) is 6.37. The van der Waals surface area contributed by atoms with E-state index in [-0.39, 0.29) is 17.9 Å². The molecule has 1 aliphatic heterocycles. The minimum absolute atomic E-state index is 0.285. The van der Waals surface area contributed by atoms with E-state index in [9.17, 15) is 9.59 Å². The van der Waals surface area contributed by atoms with Crippen molar-refractivity contribution in [3.05, 3.63) is 35.9 Å². The third-order valence-corrected chi connectivity index (χ3v) is 3.27. The molecule has 0 radical (unpaired) electrons. The Morgan fingerprint density at radius 2 is 2.05 bits per heavy atom. The fourth-order valence-electron chi connectivity index (χ4n) is 2.03. The van der Waals surface area contributed by atoms with Gasteiger partial charge in [-0.2, -0.15) is 0 Å². The average molecular weight is 278 g/mol. The molecular formula is C14H18N2O4. The number of hydroxylamine groups is 2. The van der Waals surface area contributed by atoms with Gasteiger partial charge in [0.2, 0.25) is 5.91 Å². The van der Waals surface area contributed by atoms with Crippen LogP contribution in [0.4, 0.5) is 0 Å². The molecule has 0 aromatic heterocycles. The summed E-state index contributed by atoms with van der Waals surface area (Å²) in [6, 6.07) is 9.43. The van der Waals surface area contributed by atoms with Gasteiger partial charge in [0.25, 0.3) is 5.91 Å². The van der Waals surface area contributed by atoms with E-state index in [1.54, 1.807) is 0 Å². The summed E-state index contributed by atoms with van der Waals surface area (Å²) in [5.74, 6) is -1.37. The van der Waals surface area contributed by atoms with E-state index in [1.165, 1.54) is 14.2 Å². The van der Waals surface area contributed by atoms with Gasteiger partial charge < -0.3 is 10.1 Å². The lowest BCUT2D eigenvalue weighted by Gasteiger charge is -2.36. The molecule has 0 spiro atoms. The molecule has 1 N–H and O–H groups in total. The van der Waals surface area contributed by atoms with E-state index in [1.807, 2.05) is 30.3 Å². The van der Waals surface area contributed by atoms with E-state index in [0.29, 0.717) is 13.2 Å². The quantitative estimate of drug-likeness (QED) is 0.463. The van der Waals surface area contributed by atoms with Gasteiger partial charge in [0.15, 0.2) is 0 Å². The lowest BCUT2D eigenvalue weighted by Crippen LogP contribution is -2.65. The highest BCUT2D eigenvalue weighted by Crippen LogP contribution is 2.18. The Hall–Kier alpha value is -1.92. The van der Waals surface area contributed by atoms with Crippen LogP contribution in [0.15, 0.2) is 30.3 Å². The third kappa shape index (κ3) is 3.15. The lowest BCUT2D eigenvalue weighted by molar-refractivity contribution is -0.180. The van der Waals surface area contributed by atoms with E-state index < -0.39 is 5.92 Å². The minimum atomic E-state index is -0.726. The number of ether oxygens (including phenoxy) is 1. The molecule has 0 bridgehead atoms. The van der Waals surface area contributed by atoms with Gasteiger partial charge in [0, 0.05) is 7.05 Å². The zero-order valence-electron chi connectivity index (χ0n) is 11.5. The van der Waals surface area contributed by atoms with Crippen LogP contribution in [-0.2, 0) is 25.8 Å². The van der Waals surface area contributed by atoms with Crippen molar-refractivity contribution >= 4 is 11.8 Å². The summed E-state index contributed by atoms with van der Waals surface area (Å²) in [6.45, 7) is 0.753. The van der Waals surface area contributed by atoms with Crippen LogP contribution < -0.4 is 5.32 Å². The fraction of sp³-hybridized carbons (Fsp3) is 0.429. The molecule has 1 aromatic rings. The number of hydrogen-bond donors (Lipinski definition) is 1. The van der Waals surface area contributed by atoms with Crippen LogP contribution in [0.5, 0.6) is 0 Å². The smallest absolute Gasteiger partial charge is 0.260 e. The minimum Gasteiger partial charge on any atom is -0.375 e. The predicted octanol–water partition coefficient (Wildman–Crippen LogP) is 0.338. The highest BCUT2D eigenvalue weighted by molar-refractivity contribution is 6.05. The van der Waals surface area contributed by atoms with Crippen LogP contribution in [0.25, 0.3) is 0 Å². The molecule has 1 heterocycles. The molecule has 1 aliphatic rings. The monoisotopic (exact) mass is 278 g/mol. The fourth-order valence-corrected chi connectivity index (χ4v) is 2.03. The second-order valence-electron chi connectivity index (χ2n) is 4.61. The Balaban J connectivity index is 1.81. The molecule has 6 nitrogen and oxygen atoms in total. The molecule has 0 unspecified atom stereocenters. The van der Waals surface area contributed by atoms with Crippen LogP contribution in [0, 0.1) is 5.92 Å². The molecule has 1 saturated heterocycles. The average Bonchev–Trinajstić information content (AvgIpc) is 2.46. The van der Waals surface area contributed by atoms with Crippen molar-refractivity contribution in [2.24, 2.45) is 5.92 Å². The van der Waals surface area contributed by atoms with Crippen molar-refractivity contribution in [2.75, 3.05) is 20.8 Å². The summed E-state index contributed by atoms with van der Waals surface area (Å²) in [5.41, 5.74) is 1.05. The molecular weight excluding hydrogens is 260 g/mol. The number of carbonyl (C=O) groups is 2. The Morgan fingerprint density at radius 1 is 1.35 bits per heavy atom.